The highest BCUT2D eigenvalue weighted by Crippen LogP contribution is 2.16. The van der Waals surface area contributed by atoms with Gasteiger partial charge in [0.25, 0.3) is 0 Å². The number of thioether (sulfide) groups is 1. The standard InChI is InChI=1S/C15H21N3O2S/c1-11(2)17-20-10-12-8-6-7-9-13(12)14(18-19-4)15(16-3)21-5/h6-9H,10H2,1-5H3/b16-15?,18-14-. The van der Waals surface area contributed by atoms with Crippen LogP contribution in [-0.2, 0) is 16.3 Å². The van der Waals surface area contributed by atoms with Gasteiger partial charge in [-0.2, -0.15) is 0 Å². The van der Waals surface area contributed by atoms with Gasteiger partial charge in [-0.3, -0.25) is 4.99 Å². The van der Waals surface area contributed by atoms with Crippen LogP contribution < -0.4 is 0 Å². The molecule has 0 aliphatic heterocycles. The Morgan fingerprint density at radius 1 is 1.19 bits per heavy atom. The smallest absolute Gasteiger partial charge is 0.142 e. The second kappa shape index (κ2) is 9.18. The zero-order chi connectivity index (χ0) is 15.7. The van der Waals surface area contributed by atoms with E-state index >= 15 is 0 Å². The Morgan fingerprint density at radius 3 is 2.48 bits per heavy atom. The first-order valence-corrected chi connectivity index (χ1v) is 7.70. The molecule has 0 radical (unpaired) electrons. The van der Waals surface area contributed by atoms with E-state index in [9.17, 15) is 0 Å². The highest BCUT2D eigenvalue weighted by Gasteiger charge is 2.15. The Labute approximate surface area is 130 Å². The van der Waals surface area contributed by atoms with Crippen LogP contribution in [0.5, 0.6) is 0 Å². The van der Waals surface area contributed by atoms with E-state index in [1.54, 1.807) is 7.05 Å². The summed E-state index contributed by atoms with van der Waals surface area (Å²) >= 11 is 1.52. The van der Waals surface area contributed by atoms with Gasteiger partial charge < -0.3 is 9.68 Å². The van der Waals surface area contributed by atoms with Crippen molar-refractivity contribution in [2.45, 2.75) is 20.5 Å². The molecule has 0 fully saturated rings. The fourth-order valence-electron chi connectivity index (χ4n) is 1.70. The van der Waals surface area contributed by atoms with Gasteiger partial charge in [-0.1, -0.05) is 34.6 Å². The van der Waals surface area contributed by atoms with Crippen LogP contribution in [0, 0.1) is 0 Å². The summed E-state index contributed by atoms with van der Waals surface area (Å²) in [6, 6.07) is 7.86. The number of aliphatic imine (C=N–C) groups is 1. The fraction of sp³-hybridized carbons (Fsp3) is 0.400. The molecule has 0 aliphatic carbocycles. The highest BCUT2D eigenvalue weighted by molar-refractivity contribution is 8.15. The molecule has 0 amide bonds. The lowest BCUT2D eigenvalue weighted by Gasteiger charge is -2.11. The van der Waals surface area contributed by atoms with Crippen molar-refractivity contribution >= 4 is 28.2 Å². The van der Waals surface area contributed by atoms with Crippen molar-refractivity contribution in [3.63, 3.8) is 0 Å². The van der Waals surface area contributed by atoms with Crippen molar-refractivity contribution in [3.8, 4) is 0 Å². The maximum atomic E-state index is 5.34. The molecular formula is C15H21N3O2S. The first-order valence-electron chi connectivity index (χ1n) is 6.47. The van der Waals surface area contributed by atoms with Crippen molar-refractivity contribution < 1.29 is 9.68 Å². The number of benzene rings is 1. The number of rotatable bonds is 6. The summed E-state index contributed by atoms with van der Waals surface area (Å²) in [6.45, 7) is 4.15. The van der Waals surface area contributed by atoms with Gasteiger partial charge in [0.1, 0.15) is 24.5 Å². The third-order valence-electron chi connectivity index (χ3n) is 2.52. The molecule has 0 heterocycles. The summed E-state index contributed by atoms with van der Waals surface area (Å²) < 4.78 is 0. The minimum Gasteiger partial charge on any atom is -0.399 e. The average Bonchev–Trinajstić information content (AvgIpc) is 2.48. The van der Waals surface area contributed by atoms with Crippen LogP contribution in [0.1, 0.15) is 25.0 Å². The third kappa shape index (κ3) is 5.23. The normalized spacial score (nSPS) is 12.0. The van der Waals surface area contributed by atoms with Crippen molar-refractivity contribution in [1.82, 2.24) is 0 Å². The van der Waals surface area contributed by atoms with E-state index in [-0.39, 0.29) is 0 Å². The minimum absolute atomic E-state index is 0.370. The maximum Gasteiger partial charge on any atom is 0.142 e. The zero-order valence-corrected chi connectivity index (χ0v) is 13.9. The van der Waals surface area contributed by atoms with Crippen molar-refractivity contribution in [1.29, 1.82) is 0 Å². The zero-order valence-electron chi connectivity index (χ0n) is 13.1. The summed E-state index contributed by atoms with van der Waals surface area (Å²) in [6.07, 6.45) is 1.96. The molecule has 114 valence electrons. The first-order chi connectivity index (χ1) is 10.1. The molecule has 1 aromatic carbocycles. The largest absolute Gasteiger partial charge is 0.399 e. The second-order valence-corrected chi connectivity index (χ2v) is 5.12. The Kier molecular flexibility index (Phi) is 7.53. The van der Waals surface area contributed by atoms with E-state index in [1.807, 2.05) is 44.4 Å². The Morgan fingerprint density at radius 2 is 1.90 bits per heavy atom. The van der Waals surface area contributed by atoms with Gasteiger partial charge >= 0.3 is 0 Å². The Hall–Kier alpha value is -1.82. The number of oxime groups is 2. The maximum absolute atomic E-state index is 5.34. The summed E-state index contributed by atoms with van der Waals surface area (Å²) in [5.41, 5.74) is 3.48. The van der Waals surface area contributed by atoms with Gasteiger partial charge in [-0.25, -0.2) is 0 Å². The first kappa shape index (κ1) is 17.2. The molecular weight excluding hydrogens is 286 g/mol. The molecule has 5 nitrogen and oxygen atoms in total. The van der Waals surface area contributed by atoms with Crippen LogP contribution in [0.3, 0.4) is 0 Å². The predicted octanol–water partition coefficient (Wildman–Crippen LogP) is 3.34. The lowest BCUT2D eigenvalue weighted by atomic mass is 10.0. The molecule has 1 aromatic rings. The minimum atomic E-state index is 0.370. The Bertz CT molecular complexity index is 550. The van der Waals surface area contributed by atoms with Crippen molar-refractivity contribution in [2.75, 3.05) is 20.4 Å². The molecule has 0 aromatic heterocycles. The highest BCUT2D eigenvalue weighted by atomic mass is 32.2. The molecule has 1 rings (SSSR count). The quantitative estimate of drug-likeness (QED) is 0.460. The van der Waals surface area contributed by atoms with E-state index in [4.69, 9.17) is 9.68 Å². The molecule has 0 saturated carbocycles. The van der Waals surface area contributed by atoms with Crippen molar-refractivity contribution in [2.24, 2.45) is 15.3 Å². The predicted molar refractivity (Wildman–Crippen MR) is 90.4 cm³/mol. The van der Waals surface area contributed by atoms with Gasteiger partial charge in [0.15, 0.2) is 0 Å². The topological polar surface area (TPSA) is 55.5 Å². The summed E-state index contributed by atoms with van der Waals surface area (Å²) in [4.78, 5) is 14.6. The van der Waals surface area contributed by atoms with E-state index < -0.39 is 0 Å². The fourth-order valence-corrected chi connectivity index (χ4v) is 2.22. The molecule has 6 heteroatoms. The van der Waals surface area contributed by atoms with Gasteiger partial charge in [-0.15, -0.1) is 11.8 Å². The van der Waals surface area contributed by atoms with Gasteiger partial charge in [0, 0.05) is 18.2 Å². The summed E-state index contributed by atoms with van der Waals surface area (Å²) in [7, 11) is 3.26. The van der Waals surface area contributed by atoms with E-state index in [2.05, 4.69) is 15.3 Å². The van der Waals surface area contributed by atoms with Crippen LogP contribution in [0.2, 0.25) is 0 Å². The number of hydrogen-bond donors (Lipinski definition) is 0. The lowest BCUT2D eigenvalue weighted by Crippen LogP contribution is -2.15. The number of hydrogen-bond acceptors (Lipinski definition) is 6. The van der Waals surface area contributed by atoms with E-state index in [0.717, 1.165) is 21.9 Å². The van der Waals surface area contributed by atoms with E-state index in [1.165, 1.54) is 18.9 Å². The van der Waals surface area contributed by atoms with Crippen LogP contribution in [0.15, 0.2) is 39.6 Å². The SMILES string of the molecule is CN=C(SC)/C(=N\OC)c1ccccc1CON=C(C)C. The molecule has 0 atom stereocenters. The molecule has 0 saturated heterocycles. The van der Waals surface area contributed by atoms with Crippen molar-refractivity contribution in [3.05, 3.63) is 35.4 Å². The number of nitrogens with zero attached hydrogens (tertiary/aromatic N) is 3. The molecule has 0 spiro atoms. The molecule has 21 heavy (non-hydrogen) atoms. The summed E-state index contributed by atoms with van der Waals surface area (Å²) in [5.74, 6) is 0. The van der Waals surface area contributed by atoms with Crippen LogP contribution in [0.25, 0.3) is 0 Å². The van der Waals surface area contributed by atoms with Gasteiger partial charge in [-0.05, 0) is 20.1 Å². The van der Waals surface area contributed by atoms with Crippen LogP contribution >= 0.6 is 11.8 Å². The van der Waals surface area contributed by atoms with Gasteiger partial charge in [0.2, 0.25) is 0 Å². The van der Waals surface area contributed by atoms with Crippen LogP contribution in [0.4, 0.5) is 0 Å². The lowest BCUT2D eigenvalue weighted by molar-refractivity contribution is 0.130. The molecule has 0 aliphatic rings. The second-order valence-electron chi connectivity index (χ2n) is 4.32. The monoisotopic (exact) mass is 307 g/mol. The average molecular weight is 307 g/mol. The summed E-state index contributed by atoms with van der Waals surface area (Å²) in [5, 5.41) is 8.88. The van der Waals surface area contributed by atoms with Crippen LogP contribution in [-0.4, -0.2) is 36.9 Å². The van der Waals surface area contributed by atoms with Gasteiger partial charge in [0.05, 0.1) is 5.71 Å². The molecule has 0 N–H and O–H groups in total. The Balaban J connectivity index is 3.15. The van der Waals surface area contributed by atoms with E-state index in [0.29, 0.717) is 12.3 Å². The molecule has 0 unspecified atom stereocenters. The molecule has 0 bridgehead atoms. The third-order valence-corrected chi connectivity index (χ3v) is 3.28.